The van der Waals surface area contributed by atoms with Crippen molar-refractivity contribution in [2.24, 2.45) is 0 Å². The fourth-order valence-electron chi connectivity index (χ4n) is 3.96. The van der Waals surface area contributed by atoms with Gasteiger partial charge in [-0.2, -0.15) is 0 Å². The zero-order chi connectivity index (χ0) is 24.3. The third kappa shape index (κ3) is 3.66. The Labute approximate surface area is 192 Å². The van der Waals surface area contributed by atoms with Crippen LogP contribution in [0.4, 0.5) is 14.6 Å². The van der Waals surface area contributed by atoms with Gasteiger partial charge in [0, 0.05) is 17.2 Å². The lowest BCUT2D eigenvalue weighted by molar-refractivity contribution is -0.286. The Kier molecular flexibility index (Phi) is 4.71. The molecule has 34 heavy (non-hydrogen) atoms. The first-order chi connectivity index (χ1) is 16.0. The number of aromatic carboxylic acids is 1. The van der Waals surface area contributed by atoms with Crippen molar-refractivity contribution in [1.82, 2.24) is 4.98 Å². The van der Waals surface area contributed by atoms with E-state index in [1.54, 1.807) is 31.2 Å². The largest absolute Gasteiger partial charge is 0.586 e. The van der Waals surface area contributed by atoms with E-state index in [1.807, 2.05) is 6.92 Å². The Morgan fingerprint density at radius 2 is 1.79 bits per heavy atom. The van der Waals surface area contributed by atoms with Gasteiger partial charge >= 0.3 is 12.3 Å². The first kappa shape index (κ1) is 21.6. The maximum absolute atomic E-state index is 13.4. The van der Waals surface area contributed by atoms with Gasteiger partial charge in [0.15, 0.2) is 11.5 Å². The molecule has 0 bridgehead atoms. The summed E-state index contributed by atoms with van der Waals surface area (Å²) in [5.41, 5.74) is 1.14. The maximum Gasteiger partial charge on any atom is 0.586 e. The van der Waals surface area contributed by atoms with Crippen molar-refractivity contribution >= 4 is 17.7 Å². The lowest BCUT2D eigenvalue weighted by Gasteiger charge is -2.22. The number of rotatable bonds is 4. The molecular formula is C24H18F2N2O6. The topological polar surface area (TPSA) is 107 Å². The molecule has 10 heteroatoms. The molecule has 5 rings (SSSR count). The van der Waals surface area contributed by atoms with Gasteiger partial charge in [-0.3, -0.25) is 4.79 Å². The molecule has 2 aliphatic rings. The number of aryl methyl sites for hydroxylation is 1. The summed E-state index contributed by atoms with van der Waals surface area (Å²) in [6.07, 6.45) is -3.78. The van der Waals surface area contributed by atoms with Gasteiger partial charge in [0.2, 0.25) is 5.91 Å². The Balaban J connectivity index is 1.44. The monoisotopic (exact) mass is 468 g/mol. The molecular weight excluding hydrogens is 450 g/mol. The van der Waals surface area contributed by atoms with Crippen LogP contribution in [0.25, 0.3) is 11.3 Å². The van der Waals surface area contributed by atoms with Gasteiger partial charge in [-0.1, -0.05) is 12.1 Å². The number of nitrogens with zero attached hydrogens (tertiary/aromatic N) is 1. The molecule has 2 aromatic carbocycles. The number of hydrogen-bond acceptors (Lipinski definition) is 6. The third-order valence-electron chi connectivity index (χ3n) is 5.73. The number of ether oxygens (including phenoxy) is 3. The smallest absolute Gasteiger partial charge is 0.492 e. The predicted molar refractivity (Wildman–Crippen MR) is 115 cm³/mol. The molecule has 0 saturated heterocycles. The van der Waals surface area contributed by atoms with Crippen LogP contribution in [0.15, 0.2) is 48.5 Å². The number of aromatic nitrogens is 1. The molecule has 3 heterocycles. The Morgan fingerprint density at radius 1 is 1.06 bits per heavy atom. The molecule has 1 aromatic heterocycles. The van der Waals surface area contributed by atoms with Crippen LogP contribution < -0.4 is 19.5 Å². The van der Waals surface area contributed by atoms with Crippen molar-refractivity contribution in [3.63, 3.8) is 0 Å². The highest BCUT2D eigenvalue weighted by Gasteiger charge is 2.49. The number of amides is 1. The van der Waals surface area contributed by atoms with Crippen LogP contribution in [0.2, 0.25) is 0 Å². The molecule has 0 saturated carbocycles. The van der Waals surface area contributed by atoms with E-state index >= 15 is 0 Å². The maximum atomic E-state index is 13.4. The summed E-state index contributed by atoms with van der Waals surface area (Å²) >= 11 is 0. The first-order valence-corrected chi connectivity index (χ1v) is 10.3. The zero-order valence-corrected chi connectivity index (χ0v) is 18.0. The predicted octanol–water partition coefficient (Wildman–Crippen LogP) is 4.37. The molecule has 3 aromatic rings. The van der Waals surface area contributed by atoms with Crippen LogP contribution in [0.3, 0.4) is 0 Å². The van der Waals surface area contributed by atoms with Gasteiger partial charge in [-0.15, -0.1) is 8.78 Å². The minimum atomic E-state index is -3.78. The second-order valence-electron chi connectivity index (χ2n) is 8.34. The minimum Gasteiger partial charge on any atom is -0.492 e. The summed E-state index contributed by atoms with van der Waals surface area (Å²) in [5.74, 6) is -1.36. The van der Waals surface area contributed by atoms with E-state index in [2.05, 4.69) is 19.8 Å². The van der Waals surface area contributed by atoms with Crippen LogP contribution >= 0.6 is 0 Å². The summed E-state index contributed by atoms with van der Waals surface area (Å²) in [4.78, 5) is 29.1. The van der Waals surface area contributed by atoms with E-state index < -0.39 is 23.6 Å². The number of carboxylic acid groups (broad SMARTS) is 1. The zero-order valence-electron chi connectivity index (χ0n) is 18.0. The lowest BCUT2D eigenvalue weighted by atomic mass is 9.83. The molecule has 174 valence electrons. The van der Waals surface area contributed by atoms with E-state index in [9.17, 15) is 23.5 Å². The van der Waals surface area contributed by atoms with Gasteiger partial charge in [0.05, 0.1) is 11.3 Å². The van der Waals surface area contributed by atoms with Crippen molar-refractivity contribution in [3.8, 4) is 28.5 Å². The van der Waals surface area contributed by atoms with Crippen molar-refractivity contribution < 1.29 is 37.7 Å². The molecule has 0 spiro atoms. The molecule has 0 fully saturated rings. The second kappa shape index (κ2) is 7.41. The molecule has 0 radical (unpaired) electrons. The Morgan fingerprint density at radius 3 is 2.53 bits per heavy atom. The van der Waals surface area contributed by atoms with Crippen LogP contribution in [-0.2, 0) is 10.2 Å². The number of halogens is 2. The number of pyridine rings is 1. The molecule has 8 nitrogen and oxygen atoms in total. The van der Waals surface area contributed by atoms with Gasteiger partial charge in [-0.25, -0.2) is 9.78 Å². The molecule has 1 atom stereocenters. The number of nitrogens with one attached hydrogen (secondary N) is 1. The summed E-state index contributed by atoms with van der Waals surface area (Å²) in [6.45, 7) is 3.42. The number of carbonyl (C=O) groups excluding carboxylic acids is 1. The molecule has 0 unspecified atom stereocenters. The molecule has 2 N–H and O–H groups in total. The number of hydrogen-bond donors (Lipinski definition) is 2. The van der Waals surface area contributed by atoms with E-state index in [1.165, 1.54) is 24.3 Å². The second-order valence-corrected chi connectivity index (χ2v) is 8.34. The lowest BCUT2D eigenvalue weighted by Crippen LogP contribution is -2.39. The first-order valence-electron chi connectivity index (χ1n) is 10.3. The van der Waals surface area contributed by atoms with E-state index in [4.69, 9.17) is 4.74 Å². The fraction of sp³-hybridized carbons (Fsp3) is 0.208. The average Bonchev–Trinajstić information content (AvgIpc) is 3.26. The summed E-state index contributed by atoms with van der Waals surface area (Å²) in [5, 5.41) is 12.0. The minimum absolute atomic E-state index is 0.0210. The molecule has 1 amide bonds. The molecule has 2 aliphatic heterocycles. The van der Waals surface area contributed by atoms with E-state index in [0.29, 0.717) is 16.8 Å². The summed E-state index contributed by atoms with van der Waals surface area (Å²) in [7, 11) is 0. The van der Waals surface area contributed by atoms with Crippen LogP contribution in [-0.4, -0.2) is 34.9 Å². The number of benzene rings is 2. The number of carbonyl (C=O) groups is 2. The summed E-state index contributed by atoms with van der Waals surface area (Å²) < 4.78 is 41.5. The highest BCUT2D eigenvalue weighted by atomic mass is 19.3. The van der Waals surface area contributed by atoms with Crippen LogP contribution in [0.1, 0.15) is 28.4 Å². The fourth-order valence-corrected chi connectivity index (χ4v) is 3.96. The number of anilines is 1. The Hall–Kier alpha value is -4.21. The van der Waals surface area contributed by atoms with Gasteiger partial charge < -0.3 is 24.6 Å². The quantitative estimate of drug-likeness (QED) is 0.586. The van der Waals surface area contributed by atoms with Gasteiger partial charge in [0.25, 0.3) is 0 Å². The number of alkyl halides is 2. The third-order valence-corrected chi connectivity index (χ3v) is 5.73. The highest BCUT2D eigenvalue weighted by molar-refractivity contribution is 6.00. The highest BCUT2D eigenvalue weighted by Crippen LogP contribution is 2.50. The van der Waals surface area contributed by atoms with Crippen molar-refractivity contribution in [1.29, 1.82) is 0 Å². The van der Waals surface area contributed by atoms with Crippen molar-refractivity contribution in [2.45, 2.75) is 25.6 Å². The van der Waals surface area contributed by atoms with Crippen LogP contribution in [0.5, 0.6) is 17.2 Å². The Bertz CT molecular complexity index is 1360. The van der Waals surface area contributed by atoms with Crippen LogP contribution in [0, 0.1) is 6.92 Å². The van der Waals surface area contributed by atoms with Gasteiger partial charge in [0.1, 0.15) is 23.6 Å². The number of fused-ring (bicyclic) bond motifs is 2. The van der Waals surface area contributed by atoms with Crippen molar-refractivity contribution in [3.05, 3.63) is 65.2 Å². The standard InChI is InChI=1S/C24H18F2N2O6/c1-12-6-16(13-4-3-5-14(8-13)21(29)30)27-20(7-12)28-22(31)23(2)11-32-17-10-19-18(9-15(17)23)33-24(25,26)34-19/h3-10H,11H2,1-2H3,(H,29,30)(H,27,28,31)/t23-/m0/s1. The average molecular weight is 468 g/mol. The summed E-state index contributed by atoms with van der Waals surface area (Å²) in [6, 6.07) is 12.4. The number of carboxylic acids is 1. The van der Waals surface area contributed by atoms with Crippen molar-refractivity contribution in [2.75, 3.05) is 11.9 Å². The SMILES string of the molecule is Cc1cc(NC(=O)[C@@]2(C)COc3cc4c(cc32)OC(F)(F)O4)nc(-c2cccc(C(=O)O)c2)c1. The van der Waals surface area contributed by atoms with E-state index in [-0.39, 0.29) is 35.2 Å². The molecule has 0 aliphatic carbocycles. The van der Waals surface area contributed by atoms with E-state index in [0.717, 1.165) is 5.56 Å². The normalized spacial score (nSPS) is 19.3. The van der Waals surface area contributed by atoms with Gasteiger partial charge in [-0.05, 0) is 49.7 Å².